The molecule has 0 aliphatic carbocycles. The normalized spacial score (nSPS) is 10.1. The van der Waals surface area contributed by atoms with Crippen LogP contribution in [0.5, 0.6) is 0 Å². The van der Waals surface area contributed by atoms with E-state index in [0.29, 0.717) is 5.82 Å². The predicted molar refractivity (Wildman–Crippen MR) is 68.2 cm³/mol. The zero-order chi connectivity index (χ0) is 13.1. The van der Waals surface area contributed by atoms with Crippen molar-refractivity contribution in [1.29, 1.82) is 0 Å². The number of carbonyl (C=O) groups is 1. The van der Waals surface area contributed by atoms with Gasteiger partial charge in [-0.15, -0.1) is 0 Å². The van der Waals surface area contributed by atoms with E-state index >= 15 is 0 Å². The molecule has 5 heteroatoms. The van der Waals surface area contributed by atoms with Crippen molar-refractivity contribution in [1.82, 2.24) is 9.97 Å². The van der Waals surface area contributed by atoms with Gasteiger partial charge in [0.05, 0.1) is 0 Å². The van der Waals surface area contributed by atoms with Crippen molar-refractivity contribution in [2.75, 3.05) is 5.32 Å². The van der Waals surface area contributed by atoms with Crippen LogP contribution in [0.25, 0.3) is 0 Å². The van der Waals surface area contributed by atoms with E-state index in [0.717, 1.165) is 11.3 Å². The van der Waals surface area contributed by atoms with E-state index in [1.807, 2.05) is 32.0 Å². The second-order valence-electron chi connectivity index (χ2n) is 3.99. The largest absolute Gasteiger partial charge is 0.475 e. The van der Waals surface area contributed by atoms with E-state index in [-0.39, 0.29) is 5.82 Å². The fraction of sp³-hybridized carbons (Fsp3) is 0.154. The van der Waals surface area contributed by atoms with Gasteiger partial charge in [-0.25, -0.2) is 14.8 Å². The van der Waals surface area contributed by atoms with Gasteiger partial charge < -0.3 is 10.4 Å². The number of nitrogens with one attached hydrogen (secondary N) is 1. The first-order chi connectivity index (χ1) is 8.56. The van der Waals surface area contributed by atoms with Gasteiger partial charge >= 0.3 is 5.97 Å². The molecule has 5 nitrogen and oxygen atoms in total. The Hall–Kier alpha value is -2.43. The number of aryl methyl sites for hydroxylation is 2. The number of aromatic carboxylic acids is 1. The molecule has 2 aromatic rings. The van der Waals surface area contributed by atoms with Crippen LogP contribution in [0.15, 0.2) is 30.5 Å². The van der Waals surface area contributed by atoms with Crippen LogP contribution in [0.1, 0.15) is 21.7 Å². The van der Waals surface area contributed by atoms with Crippen LogP contribution in [0.2, 0.25) is 0 Å². The van der Waals surface area contributed by atoms with Gasteiger partial charge in [0, 0.05) is 11.9 Å². The van der Waals surface area contributed by atoms with Gasteiger partial charge in [0.15, 0.2) is 0 Å². The van der Waals surface area contributed by atoms with Crippen molar-refractivity contribution < 1.29 is 9.90 Å². The molecule has 0 saturated carbocycles. The SMILES string of the molecule is Cc1ccc(Nc2ccnc(C(=O)O)n2)cc1C. The Morgan fingerprint density at radius 3 is 2.67 bits per heavy atom. The molecule has 0 spiro atoms. The van der Waals surface area contributed by atoms with E-state index in [2.05, 4.69) is 15.3 Å². The highest BCUT2D eigenvalue weighted by atomic mass is 16.4. The summed E-state index contributed by atoms with van der Waals surface area (Å²) in [6.45, 7) is 4.05. The Bertz CT molecular complexity index is 597. The van der Waals surface area contributed by atoms with E-state index in [1.165, 1.54) is 11.8 Å². The number of aromatic nitrogens is 2. The predicted octanol–water partition coefficient (Wildman–Crippen LogP) is 2.54. The fourth-order valence-corrected chi connectivity index (χ4v) is 1.50. The Balaban J connectivity index is 2.25. The van der Waals surface area contributed by atoms with Gasteiger partial charge in [-0.2, -0.15) is 0 Å². The molecular formula is C13H13N3O2. The monoisotopic (exact) mass is 243 g/mol. The van der Waals surface area contributed by atoms with Crippen LogP contribution in [0.4, 0.5) is 11.5 Å². The molecule has 2 N–H and O–H groups in total. The molecule has 92 valence electrons. The minimum atomic E-state index is -1.14. The molecule has 0 aliphatic heterocycles. The van der Waals surface area contributed by atoms with Crippen LogP contribution < -0.4 is 5.32 Å². The number of hydrogen-bond donors (Lipinski definition) is 2. The van der Waals surface area contributed by atoms with Gasteiger partial charge in [0.1, 0.15) is 5.82 Å². The van der Waals surface area contributed by atoms with Gasteiger partial charge in [-0.3, -0.25) is 0 Å². The summed E-state index contributed by atoms with van der Waals surface area (Å²) >= 11 is 0. The van der Waals surface area contributed by atoms with Crippen molar-refractivity contribution >= 4 is 17.5 Å². The minimum Gasteiger partial charge on any atom is -0.475 e. The smallest absolute Gasteiger partial charge is 0.374 e. The Labute approximate surface area is 105 Å². The molecule has 0 aliphatic rings. The van der Waals surface area contributed by atoms with Gasteiger partial charge in [0.25, 0.3) is 0 Å². The summed E-state index contributed by atoms with van der Waals surface area (Å²) in [5.74, 6) is -0.895. The molecular weight excluding hydrogens is 230 g/mol. The highest BCUT2D eigenvalue weighted by Gasteiger charge is 2.07. The number of anilines is 2. The first-order valence-electron chi connectivity index (χ1n) is 5.47. The molecule has 0 amide bonds. The molecule has 1 aromatic heterocycles. The zero-order valence-corrected chi connectivity index (χ0v) is 10.1. The molecule has 1 heterocycles. The third-order valence-corrected chi connectivity index (χ3v) is 2.63. The molecule has 0 unspecified atom stereocenters. The lowest BCUT2D eigenvalue weighted by atomic mass is 10.1. The molecule has 0 fully saturated rings. The molecule has 0 atom stereocenters. The summed E-state index contributed by atoms with van der Waals surface area (Å²) in [6.07, 6.45) is 1.42. The minimum absolute atomic E-state index is 0.219. The Kier molecular flexibility index (Phi) is 3.23. The number of carboxylic acid groups (broad SMARTS) is 1. The molecule has 18 heavy (non-hydrogen) atoms. The molecule has 2 rings (SSSR count). The second kappa shape index (κ2) is 4.83. The maximum Gasteiger partial charge on any atom is 0.374 e. The highest BCUT2D eigenvalue weighted by Crippen LogP contribution is 2.17. The lowest BCUT2D eigenvalue weighted by Crippen LogP contribution is -2.05. The van der Waals surface area contributed by atoms with E-state index < -0.39 is 5.97 Å². The zero-order valence-electron chi connectivity index (χ0n) is 10.1. The standard InChI is InChI=1S/C13H13N3O2/c1-8-3-4-10(7-9(8)2)15-11-5-6-14-12(16-11)13(17)18/h3-7H,1-2H3,(H,17,18)(H,14,15,16). The highest BCUT2D eigenvalue weighted by molar-refractivity contribution is 5.83. The number of nitrogens with zero attached hydrogens (tertiary/aromatic N) is 2. The van der Waals surface area contributed by atoms with Crippen LogP contribution >= 0.6 is 0 Å². The lowest BCUT2D eigenvalue weighted by molar-refractivity contribution is 0.0683. The van der Waals surface area contributed by atoms with Gasteiger partial charge in [-0.05, 0) is 43.2 Å². The molecule has 1 aromatic carbocycles. The first kappa shape index (κ1) is 12.0. The number of benzene rings is 1. The van der Waals surface area contributed by atoms with Crippen molar-refractivity contribution in [3.63, 3.8) is 0 Å². The topological polar surface area (TPSA) is 75.1 Å². The van der Waals surface area contributed by atoms with E-state index in [1.54, 1.807) is 6.07 Å². The third kappa shape index (κ3) is 2.63. The maximum atomic E-state index is 10.8. The quantitative estimate of drug-likeness (QED) is 0.866. The second-order valence-corrected chi connectivity index (χ2v) is 3.99. The molecule has 0 bridgehead atoms. The summed E-state index contributed by atoms with van der Waals surface area (Å²) in [5, 5.41) is 11.9. The summed E-state index contributed by atoms with van der Waals surface area (Å²) in [6, 6.07) is 7.53. The van der Waals surface area contributed by atoms with Gasteiger partial charge in [-0.1, -0.05) is 6.07 Å². The van der Waals surface area contributed by atoms with Crippen LogP contribution in [0, 0.1) is 13.8 Å². The van der Waals surface area contributed by atoms with Crippen LogP contribution in [-0.2, 0) is 0 Å². The summed E-state index contributed by atoms with van der Waals surface area (Å²) in [5.41, 5.74) is 3.23. The van der Waals surface area contributed by atoms with Crippen molar-refractivity contribution in [3.8, 4) is 0 Å². The Morgan fingerprint density at radius 2 is 2.00 bits per heavy atom. The third-order valence-electron chi connectivity index (χ3n) is 2.63. The summed E-state index contributed by atoms with van der Waals surface area (Å²) < 4.78 is 0. The van der Waals surface area contributed by atoms with Crippen LogP contribution in [-0.4, -0.2) is 21.0 Å². The van der Waals surface area contributed by atoms with Gasteiger partial charge in [0.2, 0.25) is 5.82 Å². The average Bonchev–Trinajstić information content (AvgIpc) is 2.34. The summed E-state index contributed by atoms with van der Waals surface area (Å²) in [7, 11) is 0. The average molecular weight is 243 g/mol. The van der Waals surface area contributed by atoms with Crippen LogP contribution in [0.3, 0.4) is 0 Å². The summed E-state index contributed by atoms with van der Waals surface area (Å²) in [4.78, 5) is 18.3. The van der Waals surface area contributed by atoms with Crippen molar-refractivity contribution in [2.45, 2.75) is 13.8 Å². The number of rotatable bonds is 3. The first-order valence-corrected chi connectivity index (χ1v) is 5.47. The van der Waals surface area contributed by atoms with E-state index in [9.17, 15) is 4.79 Å². The fourth-order valence-electron chi connectivity index (χ4n) is 1.50. The lowest BCUT2D eigenvalue weighted by Gasteiger charge is -2.08. The number of hydrogen-bond acceptors (Lipinski definition) is 4. The maximum absolute atomic E-state index is 10.8. The van der Waals surface area contributed by atoms with Crippen molar-refractivity contribution in [2.24, 2.45) is 0 Å². The molecule has 0 radical (unpaired) electrons. The molecule has 0 saturated heterocycles. The van der Waals surface area contributed by atoms with E-state index in [4.69, 9.17) is 5.11 Å². The number of carboxylic acids is 1. The Morgan fingerprint density at radius 1 is 1.22 bits per heavy atom. The van der Waals surface area contributed by atoms with Crippen molar-refractivity contribution in [3.05, 3.63) is 47.4 Å².